The lowest BCUT2D eigenvalue weighted by Gasteiger charge is -2.35. The minimum absolute atomic E-state index is 0.0142. The van der Waals surface area contributed by atoms with Crippen LogP contribution in [0.25, 0.3) is 0 Å². The summed E-state index contributed by atoms with van der Waals surface area (Å²) in [5, 5.41) is 0. The number of hydrogen-bond donors (Lipinski definition) is 0. The molecule has 2 aliphatic heterocycles. The van der Waals surface area contributed by atoms with E-state index in [0.717, 1.165) is 24.3 Å². The van der Waals surface area contributed by atoms with Crippen LogP contribution in [-0.2, 0) is 18.3 Å². The van der Waals surface area contributed by atoms with Crippen LogP contribution >= 0.6 is 23.5 Å². The monoisotopic (exact) mass is 480 g/mol. The Hall–Kier alpha value is -2.62. The van der Waals surface area contributed by atoms with Gasteiger partial charge in [0.1, 0.15) is 11.5 Å². The first-order valence-electron chi connectivity index (χ1n) is 11.9. The molecule has 0 unspecified atom stereocenters. The molecule has 0 N–H and O–H groups in total. The summed E-state index contributed by atoms with van der Waals surface area (Å²) in [6.45, 7) is 9.03. The highest BCUT2D eigenvalue weighted by atomic mass is 32.2. The standard InChI is InChI=1S/C31H28OS2/c1-19-5-11-27-23(15-19)31(3,4)24-17-21(9-13-28(24)33-27)7-8-22-10-14-30-26(18-22)32-25-16-20(2)6-12-29(25)34-30/h5-6,9-18H,7-8H2,1-4H3. The second-order valence-electron chi connectivity index (χ2n) is 9.99. The normalized spacial score (nSPS) is 14.9. The van der Waals surface area contributed by atoms with Crippen LogP contribution in [-0.4, -0.2) is 0 Å². The van der Waals surface area contributed by atoms with Crippen molar-refractivity contribution in [2.45, 2.75) is 65.5 Å². The summed E-state index contributed by atoms with van der Waals surface area (Å²) >= 11 is 3.71. The van der Waals surface area contributed by atoms with Crippen molar-refractivity contribution in [3.05, 3.63) is 106 Å². The second-order valence-corrected chi connectivity index (χ2v) is 12.2. The fourth-order valence-corrected chi connectivity index (χ4v) is 7.24. The molecule has 4 aromatic carbocycles. The Morgan fingerprint density at radius 2 is 1.09 bits per heavy atom. The van der Waals surface area contributed by atoms with Gasteiger partial charge in [0, 0.05) is 15.2 Å². The first kappa shape index (κ1) is 21.9. The SMILES string of the molecule is Cc1ccc2c(c1)Oc1cc(CCc3ccc4c(c3)C(C)(C)c3cc(C)ccc3S4)ccc1S2. The molecule has 34 heavy (non-hydrogen) atoms. The molecule has 0 saturated carbocycles. The Morgan fingerprint density at radius 3 is 1.82 bits per heavy atom. The van der Waals surface area contributed by atoms with Crippen LogP contribution in [0.2, 0.25) is 0 Å². The largest absolute Gasteiger partial charge is 0.455 e. The van der Waals surface area contributed by atoms with E-state index in [0.29, 0.717) is 0 Å². The van der Waals surface area contributed by atoms with Crippen LogP contribution in [0.15, 0.2) is 92.4 Å². The van der Waals surface area contributed by atoms with E-state index in [9.17, 15) is 0 Å². The summed E-state index contributed by atoms with van der Waals surface area (Å²) in [5.41, 5.74) is 8.19. The maximum absolute atomic E-state index is 6.27. The van der Waals surface area contributed by atoms with Crippen molar-refractivity contribution in [2.75, 3.05) is 0 Å². The predicted octanol–water partition coefficient (Wildman–Crippen LogP) is 9.14. The van der Waals surface area contributed by atoms with E-state index in [1.54, 1.807) is 11.8 Å². The lowest BCUT2D eigenvalue weighted by molar-refractivity contribution is 0.453. The van der Waals surface area contributed by atoms with Crippen molar-refractivity contribution in [3.63, 3.8) is 0 Å². The smallest absolute Gasteiger partial charge is 0.141 e. The van der Waals surface area contributed by atoms with Crippen molar-refractivity contribution < 1.29 is 4.74 Å². The maximum Gasteiger partial charge on any atom is 0.141 e. The quantitative estimate of drug-likeness (QED) is 0.255. The van der Waals surface area contributed by atoms with Gasteiger partial charge in [0.25, 0.3) is 0 Å². The molecule has 0 atom stereocenters. The lowest BCUT2D eigenvalue weighted by atomic mass is 9.76. The Bertz CT molecular complexity index is 1430. The number of aryl methyl sites for hydroxylation is 4. The molecule has 0 aliphatic carbocycles. The highest BCUT2D eigenvalue weighted by Crippen LogP contribution is 2.50. The van der Waals surface area contributed by atoms with Gasteiger partial charge in [0.05, 0.1) is 9.79 Å². The summed E-state index contributed by atoms with van der Waals surface area (Å²) < 4.78 is 6.27. The van der Waals surface area contributed by atoms with Crippen molar-refractivity contribution >= 4 is 23.5 Å². The molecule has 0 fully saturated rings. The van der Waals surface area contributed by atoms with Crippen LogP contribution in [0.1, 0.15) is 47.2 Å². The highest BCUT2D eigenvalue weighted by molar-refractivity contribution is 7.99. The van der Waals surface area contributed by atoms with E-state index in [-0.39, 0.29) is 5.41 Å². The molecule has 170 valence electrons. The fraction of sp³-hybridized carbons (Fsp3) is 0.226. The molecule has 1 nitrogen and oxygen atoms in total. The summed E-state index contributed by atoms with van der Waals surface area (Å²) in [6.07, 6.45) is 2.03. The van der Waals surface area contributed by atoms with Crippen LogP contribution < -0.4 is 4.74 Å². The molecule has 0 spiro atoms. The zero-order valence-electron chi connectivity index (χ0n) is 20.1. The van der Waals surface area contributed by atoms with Gasteiger partial charge in [-0.1, -0.05) is 79.3 Å². The van der Waals surface area contributed by atoms with E-state index in [2.05, 4.69) is 100 Å². The Kier molecular flexibility index (Phi) is 5.31. The molecule has 0 aromatic heterocycles. The van der Waals surface area contributed by atoms with Gasteiger partial charge in [-0.15, -0.1) is 0 Å². The third-order valence-corrected chi connectivity index (χ3v) is 9.26. The molecular weight excluding hydrogens is 452 g/mol. The van der Waals surface area contributed by atoms with Gasteiger partial charge in [0.15, 0.2) is 0 Å². The van der Waals surface area contributed by atoms with Crippen LogP contribution in [0.3, 0.4) is 0 Å². The van der Waals surface area contributed by atoms with E-state index in [1.165, 1.54) is 53.0 Å². The molecule has 0 radical (unpaired) electrons. The Morgan fingerprint density at radius 1 is 0.588 bits per heavy atom. The van der Waals surface area contributed by atoms with Gasteiger partial charge < -0.3 is 4.74 Å². The number of ether oxygens (including phenoxy) is 1. The lowest BCUT2D eigenvalue weighted by Crippen LogP contribution is -2.24. The number of benzene rings is 4. The first-order valence-corrected chi connectivity index (χ1v) is 13.5. The zero-order chi connectivity index (χ0) is 23.4. The molecule has 6 rings (SSSR count). The number of hydrogen-bond acceptors (Lipinski definition) is 3. The minimum atomic E-state index is 0.0142. The Balaban J connectivity index is 1.23. The van der Waals surface area contributed by atoms with Crippen LogP contribution in [0, 0.1) is 13.8 Å². The topological polar surface area (TPSA) is 9.23 Å². The molecule has 2 aliphatic rings. The van der Waals surface area contributed by atoms with Gasteiger partial charge in [-0.3, -0.25) is 0 Å². The Labute approximate surface area is 211 Å². The average Bonchev–Trinajstić information content (AvgIpc) is 2.82. The average molecular weight is 481 g/mol. The van der Waals surface area contributed by atoms with E-state index >= 15 is 0 Å². The molecule has 0 amide bonds. The van der Waals surface area contributed by atoms with Gasteiger partial charge in [-0.05, 0) is 90.9 Å². The van der Waals surface area contributed by atoms with Crippen LogP contribution in [0.4, 0.5) is 0 Å². The number of fused-ring (bicyclic) bond motifs is 4. The third-order valence-electron chi connectivity index (χ3n) is 7.00. The summed E-state index contributed by atoms with van der Waals surface area (Å²) in [7, 11) is 0. The van der Waals surface area contributed by atoms with E-state index < -0.39 is 0 Å². The van der Waals surface area contributed by atoms with Crippen LogP contribution in [0.5, 0.6) is 11.5 Å². The second kappa shape index (κ2) is 8.25. The van der Waals surface area contributed by atoms with Crippen molar-refractivity contribution in [1.29, 1.82) is 0 Å². The number of rotatable bonds is 3. The molecular formula is C31H28OS2. The molecule has 2 heterocycles. The van der Waals surface area contributed by atoms with Crippen molar-refractivity contribution in [2.24, 2.45) is 0 Å². The van der Waals surface area contributed by atoms with Crippen molar-refractivity contribution in [3.8, 4) is 11.5 Å². The third kappa shape index (κ3) is 3.85. The minimum Gasteiger partial charge on any atom is -0.455 e. The highest BCUT2D eigenvalue weighted by Gasteiger charge is 2.33. The van der Waals surface area contributed by atoms with Gasteiger partial charge in [0.2, 0.25) is 0 Å². The summed E-state index contributed by atoms with van der Waals surface area (Å²) in [6, 6.07) is 27.1. The summed E-state index contributed by atoms with van der Waals surface area (Å²) in [4.78, 5) is 5.16. The summed E-state index contributed by atoms with van der Waals surface area (Å²) in [5.74, 6) is 1.95. The van der Waals surface area contributed by atoms with Gasteiger partial charge in [-0.2, -0.15) is 0 Å². The van der Waals surface area contributed by atoms with Gasteiger partial charge in [-0.25, -0.2) is 0 Å². The molecule has 4 aromatic rings. The van der Waals surface area contributed by atoms with E-state index in [4.69, 9.17) is 4.74 Å². The van der Waals surface area contributed by atoms with E-state index in [1.807, 2.05) is 11.8 Å². The first-order chi connectivity index (χ1) is 16.4. The maximum atomic E-state index is 6.27. The molecule has 3 heteroatoms. The zero-order valence-corrected chi connectivity index (χ0v) is 21.7. The molecule has 0 saturated heterocycles. The van der Waals surface area contributed by atoms with Gasteiger partial charge >= 0.3 is 0 Å². The molecule has 0 bridgehead atoms. The van der Waals surface area contributed by atoms with Crippen molar-refractivity contribution in [1.82, 2.24) is 0 Å². The fourth-order valence-electron chi connectivity index (χ4n) is 4.97. The predicted molar refractivity (Wildman–Crippen MR) is 143 cm³/mol.